The number of hydrogen-bond acceptors (Lipinski definition) is 2. The van der Waals surface area contributed by atoms with Gasteiger partial charge < -0.3 is 10.6 Å². The summed E-state index contributed by atoms with van der Waals surface area (Å²) in [5, 5.41) is 6.28. The van der Waals surface area contributed by atoms with Crippen LogP contribution in [0.2, 0.25) is 5.02 Å². The molecular formula is C12H16ClFN2O. The molecule has 0 bridgehead atoms. The van der Waals surface area contributed by atoms with E-state index in [-0.39, 0.29) is 17.8 Å². The van der Waals surface area contributed by atoms with Gasteiger partial charge in [-0.1, -0.05) is 17.7 Å². The van der Waals surface area contributed by atoms with E-state index in [1.807, 2.05) is 6.92 Å². The summed E-state index contributed by atoms with van der Waals surface area (Å²) in [4.78, 5) is 10.6. The third-order valence-corrected chi connectivity index (χ3v) is 2.71. The van der Waals surface area contributed by atoms with Gasteiger partial charge in [0.1, 0.15) is 5.82 Å². The SMILES string of the molecule is CC(=O)NCCNC(C)c1ccc(F)cc1Cl. The molecule has 1 aromatic carbocycles. The highest BCUT2D eigenvalue weighted by molar-refractivity contribution is 6.31. The first-order valence-corrected chi connectivity index (χ1v) is 5.81. The van der Waals surface area contributed by atoms with Crippen molar-refractivity contribution in [1.82, 2.24) is 10.6 Å². The summed E-state index contributed by atoms with van der Waals surface area (Å²) in [6, 6.07) is 4.35. The first kappa shape index (κ1) is 13.9. The van der Waals surface area contributed by atoms with Gasteiger partial charge in [-0.2, -0.15) is 0 Å². The van der Waals surface area contributed by atoms with Crippen molar-refractivity contribution >= 4 is 17.5 Å². The predicted octanol–water partition coefficient (Wildman–Crippen LogP) is 2.27. The summed E-state index contributed by atoms with van der Waals surface area (Å²) in [5.41, 5.74) is 0.843. The second-order valence-electron chi connectivity index (χ2n) is 3.82. The van der Waals surface area contributed by atoms with Gasteiger partial charge in [-0.3, -0.25) is 4.79 Å². The number of amides is 1. The molecule has 1 atom stereocenters. The molecule has 94 valence electrons. The fourth-order valence-corrected chi connectivity index (χ4v) is 1.82. The fraction of sp³-hybridized carbons (Fsp3) is 0.417. The zero-order chi connectivity index (χ0) is 12.8. The minimum atomic E-state index is -0.343. The Hall–Kier alpha value is -1.13. The van der Waals surface area contributed by atoms with Crippen LogP contribution in [0.1, 0.15) is 25.5 Å². The largest absolute Gasteiger partial charge is 0.355 e. The fourth-order valence-electron chi connectivity index (χ4n) is 1.49. The van der Waals surface area contributed by atoms with Crippen LogP contribution in [-0.2, 0) is 4.79 Å². The second kappa shape index (κ2) is 6.57. The van der Waals surface area contributed by atoms with E-state index in [4.69, 9.17) is 11.6 Å². The van der Waals surface area contributed by atoms with Gasteiger partial charge >= 0.3 is 0 Å². The minimum Gasteiger partial charge on any atom is -0.355 e. The summed E-state index contributed by atoms with van der Waals surface area (Å²) in [7, 11) is 0. The maximum absolute atomic E-state index is 12.9. The zero-order valence-corrected chi connectivity index (χ0v) is 10.6. The van der Waals surface area contributed by atoms with Crippen LogP contribution in [0.4, 0.5) is 4.39 Å². The highest BCUT2D eigenvalue weighted by Crippen LogP contribution is 2.23. The topological polar surface area (TPSA) is 41.1 Å². The van der Waals surface area contributed by atoms with Crippen molar-refractivity contribution in [2.45, 2.75) is 19.9 Å². The van der Waals surface area contributed by atoms with Crippen LogP contribution in [0.5, 0.6) is 0 Å². The number of carbonyl (C=O) groups is 1. The first-order chi connectivity index (χ1) is 8.00. The Labute approximate surface area is 105 Å². The Bertz CT molecular complexity index is 398. The number of hydrogen-bond donors (Lipinski definition) is 2. The Morgan fingerprint density at radius 2 is 2.18 bits per heavy atom. The van der Waals surface area contributed by atoms with Crippen molar-refractivity contribution < 1.29 is 9.18 Å². The molecule has 0 fully saturated rings. The molecule has 1 aromatic rings. The predicted molar refractivity (Wildman–Crippen MR) is 66.5 cm³/mol. The van der Waals surface area contributed by atoms with Crippen molar-refractivity contribution in [1.29, 1.82) is 0 Å². The zero-order valence-electron chi connectivity index (χ0n) is 9.89. The van der Waals surface area contributed by atoms with Gasteiger partial charge in [0.25, 0.3) is 0 Å². The summed E-state index contributed by atoms with van der Waals surface area (Å²) in [6.45, 7) is 4.60. The molecule has 0 aliphatic rings. The van der Waals surface area contributed by atoms with Crippen LogP contribution in [0.15, 0.2) is 18.2 Å². The molecule has 5 heteroatoms. The third kappa shape index (κ3) is 4.71. The van der Waals surface area contributed by atoms with Gasteiger partial charge in [0.05, 0.1) is 0 Å². The van der Waals surface area contributed by atoms with E-state index in [0.717, 1.165) is 5.56 Å². The minimum absolute atomic E-state index is 0.0110. The molecule has 2 N–H and O–H groups in total. The Morgan fingerprint density at radius 1 is 1.47 bits per heavy atom. The van der Waals surface area contributed by atoms with Crippen molar-refractivity contribution in [3.05, 3.63) is 34.6 Å². The summed E-state index contributed by atoms with van der Waals surface area (Å²) < 4.78 is 12.9. The summed E-state index contributed by atoms with van der Waals surface area (Å²) in [6.07, 6.45) is 0. The Balaban J connectivity index is 2.46. The van der Waals surface area contributed by atoms with E-state index in [2.05, 4.69) is 10.6 Å². The van der Waals surface area contributed by atoms with Gasteiger partial charge in [-0.15, -0.1) is 0 Å². The van der Waals surface area contributed by atoms with E-state index in [1.165, 1.54) is 19.1 Å². The van der Waals surface area contributed by atoms with E-state index < -0.39 is 0 Å². The van der Waals surface area contributed by atoms with E-state index in [9.17, 15) is 9.18 Å². The molecule has 0 radical (unpaired) electrons. The highest BCUT2D eigenvalue weighted by Gasteiger charge is 2.09. The van der Waals surface area contributed by atoms with Crippen LogP contribution in [0.3, 0.4) is 0 Å². The van der Waals surface area contributed by atoms with E-state index in [0.29, 0.717) is 18.1 Å². The van der Waals surface area contributed by atoms with E-state index in [1.54, 1.807) is 6.07 Å². The molecule has 17 heavy (non-hydrogen) atoms. The van der Waals surface area contributed by atoms with E-state index >= 15 is 0 Å². The molecule has 0 aliphatic heterocycles. The maximum Gasteiger partial charge on any atom is 0.216 e. The lowest BCUT2D eigenvalue weighted by Gasteiger charge is -2.15. The lowest BCUT2D eigenvalue weighted by Crippen LogP contribution is -2.31. The van der Waals surface area contributed by atoms with Crippen molar-refractivity contribution in [2.24, 2.45) is 0 Å². The lowest BCUT2D eigenvalue weighted by atomic mass is 10.1. The molecule has 1 amide bonds. The van der Waals surface area contributed by atoms with Gasteiger partial charge in [0.15, 0.2) is 0 Å². The number of nitrogens with one attached hydrogen (secondary N) is 2. The van der Waals surface area contributed by atoms with Gasteiger partial charge in [-0.05, 0) is 24.6 Å². The molecular weight excluding hydrogens is 243 g/mol. The molecule has 1 rings (SSSR count). The molecule has 1 unspecified atom stereocenters. The normalized spacial score (nSPS) is 12.2. The van der Waals surface area contributed by atoms with Gasteiger partial charge in [-0.25, -0.2) is 4.39 Å². The first-order valence-electron chi connectivity index (χ1n) is 5.43. The summed E-state index contributed by atoms with van der Waals surface area (Å²) >= 11 is 5.94. The molecule has 0 spiro atoms. The van der Waals surface area contributed by atoms with Crippen molar-refractivity contribution in [2.75, 3.05) is 13.1 Å². The average Bonchev–Trinajstić information content (AvgIpc) is 2.23. The molecule has 0 saturated heterocycles. The summed E-state index contributed by atoms with van der Waals surface area (Å²) in [5.74, 6) is -0.400. The lowest BCUT2D eigenvalue weighted by molar-refractivity contribution is -0.118. The highest BCUT2D eigenvalue weighted by atomic mass is 35.5. The van der Waals surface area contributed by atoms with Crippen LogP contribution in [-0.4, -0.2) is 19.0 Å². The number of halogens is 2. The van der Waals surface area contributed by atoms with Crippen LogP contribution in [0, 0.1) is 5.82 Å². The average molecular weight is 259 g/mol. The maximum atomic E-state index is 12.9. The Kier molecular flexibility index (Phi) is 5.38. The molecule has 0 aromatic heterocycles. The van der Waals surface area contributed by atoms with Gasteiger partial charge in [0.2, 0.25) is 5.91 Å². The molecule has 0 saturated carbocycles. The molecule has 3 nitrogen and oxygen atoms in total. The van der Waals surface area contributed by atoms with Crippen molar-refractivity contribution in [3.63, 3.8) is 0 Å². The number of benzene rings is 1. The third-order valence-electron chi connectivity index (χ3n) is 2.38. The second-order valence-corrected chi connectivity index (χ2v) is 4.23. The smallest absolute Gasteiger partial charge is 0.216 e. The van der Waals surface area contributed by atoms with Gasteiger partial charge in [0, 0.05) is 31.1 Å². The monoisotopic (exact) mass is 258 g/mol. The quantitative estimate of drug-likeness (QED) is 0.796. The molecule has 0 heterocycles. The van der Waals surface area contributed by atoms with Crippen LogP contribution in [0.25, 0.3) is 0 Å². The van der Waals surface area contributed by atoms with Crippen LogP contribution >= 0.6 is 11.6 Å². The van der Waals surface area contributed by atoms with Crippen molar-refractivity contribution in [3.8, 4) is 0 Å². The number of rotatable bonds is 5. The standard InChI is InChI=1S/C12H16ClFN2O/c1-8(15-5-6-16-9(2)17)11-4-3-10(14)7-12(11)13/h3-4,7-8,15H,5-6H2,1-2H3,(H,16,17). The van der Waals surface area contributed by atoms with Crippen LogP contribution < -0.4 is 10.6 Å². The molecule has 0 aliphatic carbocycles. The Morgan fingerprint density at radius 3 is 2.76 bits per heavy atom. The number of carbonyl (C=O) groups excluding carboxylic acids is 1.